The van der Waals surface area contributed by atoms with Gasteiger partial charge in [0.25, 0.3) is 5.91 Å². The molecule has 0 aromatic carbocycles. The smallest absolute Gasteiger partial charge is 0.251 e. The molecule has 1 aromatic rings. The van der Waals surface area contributed by atoms with Crippen molar-refractivity contribution < 1.29 is 13.6 Å². The molecule has 0 atom stereocenters. The first-order valence-corrected chi connectivity index (χ1v) is 4.24. The molecule has 0 saturated heterocycles. The first-order chi connectivity index (χ1) is 6.63. The predicted molar refractivity (Wildman–Crippen MR) is 46.8 cm³/mol. The minimum atomic E-state index is -0.994. The predicted octanol–water partition coefficient (Wildman–Crippen LogP) is 1.50. The maximum absolute atomic E-state index is 12.6. The largest absolute Gasteiger partial charge is 0.352 e. The molecule has 3 nitrogen and oxygen atoms in total. The fourth-order valence-corrected chi connectivity index (χ4v) is 0.937. The van der Waals surface area contributed by atoms with Gasteiger partial charge in [-0.2, -0.15) is 13.8 Å². The van der Waals surface area contributed by atoms with E-state index in [0.717, 1.165) is 18.6 Å². The summed E-state index contributed by atoms with van der Waals surface area (Å²) in [5.41, 5.74) is -0.0524. The molecule has 0 aliphatic carbocycles. The second-order valence-corrected chi connectivity index (χ2v) is 2.76. The fourth-order valence-electron chi connectivity index (χ4n) is 0.937. The van der Waals surface area contributed by atoms with Gasteiger partial charge in [-0.15, -0.1) is 0 Å². The molecule has 1 amide bonds. The van der Waals surface area contributed by atoms with Crippen molar-refractivity contribution in [3.05, 3.63) is 29.6 Å². The van der Waals surface area contributed by atoms with Crippen molar-refractivity contribution >= 4 is 5.91 Å². The van der Waals surface area contributed by atoms with E-state index in [1.165, 1.54) is 0 Å². The number of pyridine rings is 1. The van der Waals surface area contributed by atoms with Gasteiger partial charge in [0.05, 0.1) is 0 Å². The van der Waals surface area contributed by atoms with Gasteiger partial charge in [-0.25, -0.2) is 0 Å². The van der Waals surface area contributed by atoms with Gasteiger partial charge in [0.1, 0.15) is 0 Å². The van der Waals surface area contributed by atoms with Crippen LogP contribution in [0.25, 0.3) is 0 Å². The highest BCUT2D eigenvalue weighted by Gasteiger charge is 2.08. The lowest BCUT2D eigenvalue weighted by Gasteiger charge is -2.02. The molecule has 1 N–H and O–H groups in total. The third kappa shape index (κ3) is 2.76. The zero-order valence-corrected chi connectivity index (χ0v) is 7.68. The van der Waals surface area contributed by atoms with E-state index in [-0.39, 0.29) is 5.56 Å². The van der Waals surface area contributed by atoms with Gasteiger partial charge in [-0.3, -0.25) is 4.79 Å². The molecular weight excluding hydrogens is 190 g/mol. The quantitative estimate of drug-likeness (QED) is 0.751. The van der Waals surface area contributed by atoms with Crippen LogP contribution in [0, 0.1) is 11.9 Å². The number of halogens is 2. The fraction of sp³-hybridized carbons (Fsp3) is 0.333. The van der Waals surface area contributed by atoms with Crippen LogP contribution < -0.4 is 5.32 Å². The SMILES string of the molecule is CCCNC(=O)c1cc(F)nc(F)c1. The van der Waals surface area contributed by atoms with Crippen molar-refractivity contribution in [2.75, 3.05) is 6.54 Å². The summed E-state index contributed by atoms with van der Waals surface area (Å²) in [5, 5.41) is 2.50. The van der Waals surface area contributed by atoms with Crippen molar-refractivity contribution in [3.8, 4) is 0 Å². The van der Waals surface area contributed by atoms with E-state index in [1.807, 2.05) is 6.92 Å². The molecule has 0 bridgehead atoms. The molecule has 0 saturated carbocycles. The van der Waals surface area contributed by atoms with Gasteiger partial charge in [0.15, 0.2) is 0 Å². The van der Waals surface area contributed by atoms with Crippen LogP contribution >= 0.6 is 0 Å². The molecule has 0 aliphatic rings. The van der Waals surface area contributed by atoms with Crippen LogP contribution in [0.5, 0.6) is 0 Å². The summed E-state index contributed by atoms with van der Waals surface area (Å²) in [7, 11) is 0. The molecule has 5 heteroatoms. The monoisotopic (exact) mass is 200 g/mol. The summed E-state index contributed by atoms with van der Waals surface area (Å²) >= 11 is 0. The molecule has 1 aromatic heterocycles. The zero-order valence-electron chi connectivity index (χ0n) is 7.68. The van der Waals surface area contributed by atoms with Crippen LogP contribution in [0.3, 0.4) is 0 Å². The summed E-state index contributed by atoms with van der Waals surface area (Å²) in [6, 6.07) is 1.79. The average Bonchev–Trinajstić information content (AvgIpc) is 2.12. The number of aromatic nitrogens is 1. The van der Waals surface area contributed by atoms with Gasteiger partial charge in [-0.05, 0) is 6.42 Å². The third-order valence-corrected chi connectivity index (χ3v) is 1.56. The Balaban J connectivity index is 2.79. The highest BCUT2D eigenvalue weighted by molar-refractivity contribution is 5.93. The molecular formula is C9H10F2N2O. The van der Waals surface area contributed by atoms with E-state index in [0.29, 0.717) is 6.54 Å². The van der Waals surface area contributed by atoms with E-state index in [4.69, 9.17) is 0 Å². The van der Waals surface area contributed by atoms with Crippen molar-refractivity contribution in [2.24, 2.45) is 0 Å². The highest BCUT2D eigenvalue weighted by Crippen LogP contribution is 2.03. The van der Waals surface area contributed by atoms with Crippen molar-refractivity contribution in [1.82, 2.24) is 10.3 Å². The molecule has 76 valence electrons. The maximum atomic E-state index is 12.6. The lowest BCUT2D eigenvalue weighted by Crippen LogP contribution is -2.24. The van der Waals surface area contributed by atoms with Crippen LogP contribution in [0.15, 0.2) is 12.1 Å². The van der Waals surface area contributed by atoms with Crippen LogP contribution in [0.2, 0.25) is 0 Å². The molecule has 0 aliphatic heterocycles. The minimum Gasteiger partial charge on any atom is -0.352 e. The van der Waals surface area contributed by atoms with Crippen LogP contribution in [0.4, 0.5) is 8.78 Å². The Labute approximate surface area is 80.2 Å². The summed E-state index contributed by atoms with van der Waals surface area (Å²) in [4.78, 5) is 14.1. The number of nitrogens with zero attached hydrogens (tertiary/aromatic N) is 1. The minimum absolute atomic E-state index is 0.0524. The van der Waals surface area contributed by atoms with Gasteiger partial charge >= 0.3 is 0 Å². The molecule has 1 rings (SSSR count). The Morgan fingerprint density at radius 2 is 2.00 bits per heavy atom. The van der Waals surface area contributed by atoms with Crippen molar-refractivity contribution in [3.63, 3.8) is 0 Å². The molecule has 0 radical (unpaired) electrons. The number of amides is 1. The number of nitrogens with one attached hydrogen (secondary N) is 1. The molecule has 14 heavy (non-hydrogen) atoms. The van der Waals surface area contributed by atoms with Crippen LogP contribution in [-0.4, -0.2) is 17.4 Å². The lowest BCUT2D eigenvalue weighted by molar-refractivity contribution is 0.0952. The number of carbonyl (C=O) groups is 1. The second kappa shape index (κ2) is 4.64. The first kappa shape index (κ1) is 10.6. The number of hydrogen-bond acceptors (Lipinski definition) is 2. The standard InChI is InChI=1S/C9H10F2N2O/c1-2-3-12-9(14)6-4-7(10)13-8(11)5-6/h4-5H,2-3H2,1H3,(H,12,14). The Bertz CT molecular complexity index is 321. The number of carbonyl (C=O) groups excluding carboxylic acids is 1. The van der Waals surface area contributed by atoms with Gasteiger partial charge in [0.2, 0.25) is 11.9 Å². The summed E-state index contributed by atoms with van der Waals surface area (Å²) < 4.78 is 25.2. The van der Waals surface area contributed by atoms with Crippen molar-refractivity contribution in [2.45, 2.75) is 13.3 Å². The van der Waals surface area contributed by atoms with E-state index in [2.05, 4.69) is 10.3 Å². The molecule has 1 heterocycles. The van der Waals surface area contributed by atoms with Gasteiger partial charge in [-0.1, -0.05) is 6.92 Å². The normalized spacial score (nSPS) is 9.93. The summed E-state index contributed by atoms with van der Waals surface area (Å²) in [6.07, 6.45) is 0.766. The van der Waals surface area contributed by atoms with E-state index in [1.54, 1.807) is 0 Å². The highest BCUT2D eigenvalue weighted by atomic mass is 19.1. The Hall–Kier alpha value is -1.52. The van der Waals surface area contributed by atoms with Gasteiger partial charge < -0.3 is 5.32 Å². The Kier molecular flexibility index (Phi) is 3.50. The van der Waals surface area contributed by atoms with E-state index >= 15 is 0 Å². The third-order valence-electron chi connectivity index (χ3n) is 1.56. The molecule has 0 fully saturated rings. The average molecular weight is 200 g/mol. The first-order valence-electron chi connectivity index (χ1n) is 4.24. The number of hydrogen-bond donors (Lipinski definition) is 1. The second-order valence-electron chi connectivity index (χ2n) is 2.76. The molecule has 0 spiro atoms. The van der Waals surface area contributed by atoms with E-state index < -0.39 is 17.8 Å². The Morgan fingerprint density at radius 1 is 1.43 bits per heavy atom. The maximum Gasteiger partial charge on any atom is 0.251 e. The Morgan fingerprint density at radius 3 is 2.50 bits per heavy atom. The lowest BCUT2D eigenvalue weighted by atomic mass is 10.2. The zero-order chi connectivity index (χ0) is 10.6. The van der Waals surface area contributed by atoms with Crippen LogP contribution in [-0.2, 0) is 0 Å². The summed E-state index contributed by atoms with van der Waals surface area (Å²) in [5.74, 6) is -2.48. The van der Waals surface area contributed by atoms with Crippen molar-refractivity contribution in [1.29, 1.82) is 0 Å². The van der Waals surface area contributed by atoms with E-state index in [9.17, 15) is 13.6 Å². The molecule has 0 unspecified atom stereocenters. The van der Waals surface area contributed by atoms with Gasteiger partial charge in [0, 0.05) is 24.2 Å². The number of rotatable bonds is 3. The topological polar surface area (TPSA) is 42.0 Å². The van der Waals surface area contributed by atoms with Crippen LogP contribution in [0.1, 0.15) is 23.7 Å². The summed E-state index contributed by atoms with van der Waals surface area (Å²) in [6.45, 7) is 2.36.